The summed E-state index contributed by atoms with van der Waals surface area (Å²) in [5, 5.41) is 8.62. The van der Waals surface area contributed by atoms with Gasteiger partial charge in [0.05, 0.1) is 22.6 Å². The molecule has 0 aromatic heterocycles. The average Bonchev–Trinajstić information content (AvgIpc) is 2.86. The molecule has 2 aromatic carbocycles. The van der Waals surface area contributed by atoms with Gasteiger partial charge in [-0.3, -0.25) is 9.59 Å². The summed E-state index contributed by atoms with van der Waals surface area (Å²) in [7, 11) is -3.92. The molecule has 2 atom stereocenters. The molecule has 0 amide bonds. The van der Waals surface area contributed by atoms with E-state index >= 15 is 0 Å². The summed E-state index contributed by atoms with van der Waals surface area (Å²) in [6, 6.07) is 13.8. The maximum atomic E-state index is 11.9. The number of carbonyl (C=O) groups excluding carboxylic acids is 1. The predicted octanol–water partition coefficient (Wildman–Crippen LogP) is 1.60. The zero-order valence-corrected chi connectivity index (χ0v) is 30.5. The second-order valence-electron chi connectivity index (χ2n) is 10.2. The number of ether oxygens (including phenoxy) is 3. The molecule has 0 radical (unpaired) electrons. The van der Waals surface area contributed by atoms with Crippen LogP contribution in [-0.4, -0.2) is 67.8 Å². The van der Waals surface area contributed by atoms with E-state index in [9.17, 15) is 14.0 Å². The Bertz CT molecular complexity index is 1130. The summed E-state index contributed by atoms with van der Waals surface area (Å²) in [5.74, 6) is 0.115. The summed E-state index contributed by atoms with van der Waals surface area (Å²) in [4.78, 5) is 22.4. The zero-order valence-electron chi connectivity index (χ0n) is 26.6. The van der Waals surface area contributed by atoms with Gasteiger partial charge in [0.2, 0.25) is 0 Å². The largest absolute Gasteiger partial charge is 1.00 e. The molecule has 0 aliphatic rings. The van der Waals surface area contributed by atoms with E-state index in [0.29, 0.717) is 18.4 Å². The van der Waals surface area contributed by atoms with Crippen LogP contribution in [0.5, 0.6) is 11.5 Å². The number of halogens is 1. The number of hydrogen-bond donors (Lipinski definition) is 2. The number of benzene rings is 2. The van der Waals surface area contributed by atoms with Gasteiger partial charge in [-0.25, -0.2) is 12.8 Å². The SMILES string of the molecule is CCCOc1ccc(C[C@H](C)C(=O)OC(C)(C)C)cc1.CS(=O)(=O)[O-].N[C@@H](Cc1ccc(OCC[18F])cc1)C(=O)O.[CH3-].[K+]. The molecule has 0 fully saturated rings. The van der Waals surface area contributed by atoms with Crippen molar-refractivity contribution in [2.75, 3.05) is 26.1 Å². The van der Waals surface area contributed by atoms with Crippen LogP contribution in [-0.2, 0) is 37.3 Å². The number of alkyl halides is 1. The van der Waals surface area contributed by atoms with Crippen molar-refractivity contribution in [2.45, 2.75) is 65.5 Å². The van der Waals surface area contributed by atoms with Crippen molar-refractivity contribution >= 4 is 22.1 Å². The number of hydrogen-bond acceptors (Lipinski definition) is 9. The van der Waals surface area contributed by atoms with E-state index in [-0.39, 0.29) is 83.7 Å². The van der Waals surface area contributed by atoms with Crippen LogP contribution < -0.4 is 66.6 Å². The maximum Gasteiger partial charge on any atom is 1.00 e. The van der Waals surface area contributed by atoms with Gasteiger partial charge in [0, 0.05) is 6.26 Å². The van der Waals surface area contributed by atoms with Gasteiger partial charge in [-0.15, -0.1) is 0 Å². The zero-order chi connectivity index (χ0) is 31.6. The van der Waals surface area contributed by atoms with Crippen LogP contribution in [0, 0.1) is 13.3 Å². The minimum atomic E-state index is -3.92. The van der Waals surface area contributed by atoms with Gasteiger partial charge < -0.3 is 37.0 Å². The van der Waals surface area contributed by atoms with Crippen LogP contribution in [0.4, 0.5) is 4.39 Å². The van der Waals surface area contributed by atoms with Crippen molar-refractivity contribution in [3.63, 3.8) is 0 Å². The average molecular weight is 654 g/mol. The third-order valence-electron chi connectivity index (χ3n) is 4.79. The molecule has 0 spiro atoms. The molecule has 0 aliphatic carbocycles. The molecular formula is C30H46FKNO9S-. The fourth-order valence-corrected chi connectivity index (χ4v) is 3.00. The Labute approximate surface area is 299 Å². The van der Waals surface area contributed by atoms with Crippen molar-refractivity contribution in [1.82, 2.24) is 0 Å². The molecule has 0 saturated carbocycles. The van der Waals surface area contributed by atoms with E-state index in [0.717, 1.165) is 29.9 Å². The van der Waals surface area contributed by atoms with Crippen LogP contribution >= 0.6 is 0 Å². The van der Waals surface area contributed by atoms with Crippen LogP contribution in [0.1, 0.15) is 52.2 Å². The maximum absolute atomic E-state index is 11.9. The predicted molar refractivity (Wildman–Crippen MR) is 160 cm³/mol. The number of aliphatic carboxylic acids is 1. The first-order valence-corrected chi connectivity index (χ1v) is 14.9. The molecule has 10 nitrogen and oxygen atoms in total. The molecule has 0 saturated heterocycles. The number of carbonyl (C=O) groups is 2. The van der Waals surface area contributed by atoms with Crippen LogP contribution in [0.2, 0.25) is 0 Å². The Morgan fingerprint density at radius 2 is 1.35 bits per heavy atom. The second-order valence-corrected chi connectivity index (χ2v) is 11.6. The second kappa shape index (κ2) is 23.8. The minimum absolute atomic E-state index is 0. The molecule has 43 heavy (non-hydrogen) atoms. The molecule has 3 N–H and O–H groups in total. The van der Waals surface area contributed by atoms with Gasteiger partial charge in [-0.1, -0.05) is 38.1 Å². The first kappa shape index (κ1) is 45.8. The summed E-state index contributed by atoms with van der Waals surface area (Å²) < 4.78 is 55.0. The summed E-state index contributed by atoms with van der Waals surface area (Å²) in [6.07, 6.45) is 2.55. The van der Waals surface area contributed by atoms with Gasteiger partial charge >= 0.3 is 63.3 Å². The van der Waals surface area contributed by atoms with E-state index in [1.165, 1.54) is 0 Å². The van der Waals surface area contributed by atoms with E-state index in [4.69, 9.17) is 38.0 Å². The van der Waals surface area contributed by atoms with Crippen LogP contribution in [0.3, 0.4) is 0 Å². The number of esters is 1. The molecule has 13 heteroatoms. The number of nitrogens with two attached hydrogens (primary N) is 1. The van der Waals surface area contributed by atoms with Gasteiger partial charge in [0.25, 0.3) is 0 Å². The van der Waals surface area contributed by atoms with Gasteiger partial charge in [-0.05, 0) is 75.4 Å². The van der Waals surface area contributed by atoms with Crippen molar-refractivity contribution in [3.8, 4) is 11.5 Å². The molecule has 0 aliphatic heterocycles. The fraction of sp³-hybridized carbons (Fsp3) is 0.500. The Kier molecular flexibility index (Phi) is 25.3. The molecule has 240 valence electrons. The Hall–Kier alpha value is -1.58. The van der Waals surface area contributed by atoms with E-state index in [1.807, 2.05) is 52.0 Å². The van der Waals surface area contributed by atoms with E-state index < -0.39 is 34.4 Å². The normalized spacial score (nSPS) is 11.8. The molecule has 0 bridgehead atoms. The third-order valence-corrected chi connectivity index (χ3v) is 4.79. The van der Waals surface area contributed by atoms with Gasteiger partial charge in [-0.2, -0.15) is 0 Å². The fourth-order valence-electron chi connectivity index (χ4n) is 3.00. The van der Waals surface area contributed by atoms with Crippen molar-refractivity contribution in [1.29, 1.82) is 0 Å². The van der Waals surface area contributed by atoms with Crippen molar-refractivity contribution in [2.24, 2.45) is 11.7 Å². The molecular weight excluding hydrogens is 607 g/mol. The summed E-state index contributed by atoms with van der Waals surface area (Å²) in [6.45, 7) is 9.85. The minimum Gasteiger partial charge on any atom is -0.748 e. The number of rotatable bonds is 12. The Morgan fingerprint density at radius 1 is 0.953 bits per heavy atom. The summed E-state index contributed by atoms with van der Waals surface area (Å²) >= 11 is 0. The third kappa shape index (κ3) is 26.5. The number of carboxylic acids is 1. The van der Waals surface area contributed by atoms with Crippen LogP contribution in [0.15, 0.2) is 48.5 Å². The smallest absolute Gasteiger partial charge is 0.748 e. The molecule has 2 rings (SSSR count). The van der Waals surface area contributed by atoms with Crippen molar-refractivity contribution in [3.05, 3.63) is 67.1 Å². The van der Waals surface area contributed by atoms with Crippen molar-refractivity contribution < 1.29 is 97.7 Å². The quantitative estimate of drug-likeness (QED) is 0.149. The molecule has 2 aromatic rings. The van der Waals surface area contributed by atoms with Gasteiger partial charge in [0.15, 0.2) is 0 Å². The topological polar surface area (TPSA) is 165 Å². The summed E-state index contributed by atoms with van der Waals surface area (Å²) in [5.41, 5.74) is 6.88. The molecule has 0 heterocycles. The van der Waals surface area contributed by atoms with Crippen LogP contribution in [0.25, 0.3) is 0 Å². The van der Waals surface area contributed by atoms with E-state index in [1.54, 1.807) is 24.3 Å². The van der Waals surface area contributed by atoms with E-state index in [2.05, 4.69) is 6.92 Å². The standard InChI is InChI=1S/C17H26O3.C11H14FNO3.CH4O3S.CH3.K/c1-6-11-19-15-9-7-14(8-10-15)12-13(2)16(18)20-17(3,4)5;12-5-6-16-9-3-1-8(2-4-9)7-10(13)11(14)15;1-5(2,3)4;;/h7-10,13H,6,11-12H2,1-5H3;1-4,10H,5-7,13H2,(H,14,15);1H3,(H,2,3,4);1H3;/q;;;-1;+1/p-1/t13-;10-;;;/m00.../s1/i;12-1;;;. The first-order chi connectivity index (χ1) is 18.9. The Morgan fingerprint density at radius 3 is 1.70 bits per heavy atom. The van der Waals surface area contributed by atoms with Gasteiger partial charge in [0.1, 0.15) is 36.4 Å². The molecule has 0 unspecified atom stereocenters. The first-order valence-electron chi connectivity index (χ1n) is 13.1. The number of carboxylic acid groups (broad SMARTS) is 1. The monoisotopic (exact) mass is 653 g/mol. The Balaban J connectivity index is -0.000000627.